The number of benzene rings is 1. The van der Waals surface area contributed by atoms with Crippen molar-refractivity contribution in [3.8, 4) is 5.75 Å². The summed E-state index contributed by atoms with van der Waals surface area (Å²) in [5.41, 5.74) is 3.31. The Morgan fingerprint density at radius 3 is 2.27 bits per heavy atom. The molecular formula is C21H30N4O. The van der Waals surface area contributed by atoms with Crippen LogP contribution in [0.25, 0.3) is 0 Å². The average molecular weight is 354 g/mol. The van der Waals surface area contributed by atoms with Crippen molar-refractivity contribution in [3.63, 3.8) is 0 Å². The van der Waals surface area contributed by atoms with Gasteiger partial charge < -0.3 is 10.0 Å². The van der Waals surface area contributed by atoms with E-state index in [1.807, 2.05) is 6.07 Å². The Labute approximate surface area is 156 Å². The van der Waals surface area contributed by atoms with Crippen molar-refractivity contribution in [3.05, 3.63) is 47.3 Å². The highest BCUT2D eigenvalue weighted by molar-refractivity contribution is 5.47. The lowest BCUT2D eigenvalue weighted by Gasteiger charge is -2.35. The molecule has 3 rings (SSSR count). The van der Waals surface area contributed by atoms with Crippen LogP contribution in [0.4, 0.5) is 5.95 Å². The van der Waals surface area contributed by atoms with Gasteiger partial charge in [-0.1, -0.05) is 39.8 Å². The molecule has 5 nitrogen and oxygen atoms in total. The monoisotopic (exact) mass is 354 g/mol. The molecule has 2 heterocycles. The molecule has 1 aromatic carbocycles. The topological polar surface area (TPSA) is 52.5 Å². The van der Waals surface area contributed by atoms with E-state index in [4.69, 9.17) is 0 Å². The van der Waals surface area contributed by atoms with E-state index in [0.29, 0.717) is 5.75 Å². The van der Waals surface area contributed by atoms with Crippen LogP contribution in [-0.2, 0) is 18.4 Å². The summed E-state index contributed by atoms with van der Waals surface area (Å²) in [6.45, 7) is 13.1. The first-order valence-corrected chi connectivity index (χ1v) is 9.48. The molecule has 1 aliphatic heterocycles. The van der Waals surface area contributed by atoms with E-state index in [2.05, 4.69) is 59.6 Å². The van der Waals surface area contributed by atoms with Gasteiger partial charge >= 0.3 is 0 Å². The summed E-state index contributed by atoms with van der Waals surface area (Å²) in [5.74, 6) is 1.27. The normalized spacial score (nSPS) is 16.1. The van der Waals surface area contributed by atoms with Crippen LogP contribution in [0.3, 0.4) is 0 Å². The third kappa shape index (κ3) is 4.15. The van der Waals surface area contributed by atoms with E-state index in [9.17, 15) is 5.11 Å². The first-order valence-electron chi connectivity index (χ1n) is 9.48. The number of nitrogens with zero attached hydrogens (tertiary/aromatic N) is 4. The van der Waals surface area contributed by atoms with Crippen molar-refractivity contribution in [2.45, 2.75) is 46.1 Å². The van der Waals surface area contributed by atoms with E-state index in [0.717, 1.165) is 56.2 Å². The number of phenols is 1. The van der Waals surface area contributed by atoms with Gasteiger partial charge in [-0.2, -0.15) is 0 Å². The van der Waals surface area contributed by atoms with Crippen LogP contribution in [0.5, 0.6) is 5.75 Å². The number of hydrogen-bond donors (Lipinski definition) is 1. The first-order chi connectivity index (χ1) is 12.4. The largest absolute Gasteiger partial charge is 0.507 e. The molecule has 0 bridgehead atoms. The van der Waals surface area contributed by atoms with Crippen molar-refractivity contribution in [2.24, 2.45) is 0 Å². The Kier molecular flexibility index (Phi) is 5.47. The Hall–Kier alpha value is -2.14. The maximum absolute atomic E-state index is 10.8. The highest BCUT2D eigenvalue weighted by atomic mass is 16.3. The lowest BCUT2D eigenvalue weighted by atomic mass is 9.83. The number of anilines is 1. The predicted octanol–water partition coefficient (Wildman–Crippen LogP) is 3.36. The minimum absolute atomic E-state index is 0.0621. The van der Waals surface area contributed by atoms with Crippen molar-refractivity contribution < 1.29 is 5.11 Å². The Morgan fingerprint density at radius 1 is 1.04 bits per heavy atom. The van der Waals surface area contributed by atoms with Gasteiger partial charge in [-0.05, 0) is 29.0 Å². The third-order valence-electron chi connectivity index (χ3n) is 5.07. The Morgan fingerprint density at radius 2 is 1.69 bits per heavy atom. The van der Waals surface area contributed by atoms with Crippen LogP contribution in [0.15, 0.2) is 30.6 Å². The molecule has 5 heteroatoms. The molecule has 0 radical (unpaired) electrons. The fraction of sp³-hybridized carbons (Fsp3) is 0.524. The highest BCUT2D eigenvalue weighted by Crippen LogP contribution is 2.35. The van der Waals surface area contributed by atoms with Crippen LogP contribution >= 0.6 is 0 Å². The maximum atomic E-state index is 10.8. The number of aromatic nitrogens is 2. The highest BCUT2D eigenvalue weighted by Gasteiger charge is 2.24. The number of hydrogen-bond acceptors (Lipinski definition) is 5. The SMILES string of the molecule is CCc1cc(CN2CCN(c3ncccn3)CC2)c(O)c(C(C)(C)C)c1. The van der Waals surface area contributed by atoms with Crippen LogP contribution in [0.2, 0.25) is 0 Å². The molecule has 1 aromatic heterocycles. The second-order valence-electron chi connectivity index (χ2n) is 8.07. The molecule has 1 N–H and O–H groups in total. The van der Waals surface area contributed by atoms with Gasteiger partial charge in [0.1, 0.15) is 5.75 Å². The van der Waals surface area contributed by atoms with Gasteiger partial charge in [0.05, 0.1) is 0 Å². The molecule has 1 aliphatic rings. The van der Waals surface area contributed by atoms with E-state index in [-0.39, 0.29) is 5.41 Å². The van der Waals surface area contributed by atoms with Gasteiger partial charge in [-0.25, -0.2) is 9.97 Å². The van der Waals surface area contributed by atoms with Crippen LogP contribution in [-0.4, -0.2) is 46.2 Å². The smallest absolute Gasteiger partial charge is 0.225 e. The molecule has 1 fully saturated rings. The zero-order valence-electron chi connectivity index (χ0n) is 16.4. The van der Waals surface area contributed by atoms with Crippen molar-refractivity contribution in [2.75, 3.05) is 31.1 Å². The van der Waals surface area contributed by atoms with Gasteiger partial charge in [0.25, 0.3) is 0 Å². The van der Waals surface area contributed by atoms with Crippen molar-refractivity contribution >= 4 is 5.95 Å². The molecule has 0 atom stereocenters. The molecular weight excluding hydrogens is 324 g/mol. The molecule has 140 valence electrons. The molecule has 2 aromatic rings. The van der Waals surface area contributed by atoms with Gasteiger partial charge in [-0.3, -0.25) is 4.90 Å². The second-order valence-corrected chi connectivity index (χ2v) is 8.07. The third-order valence-corrected chi connectivity index (χ3v) is 5.07. The van der Waals surface area contributed by atoms with Gasteiger partial charge in [0.15, 0.2) is 0 Å². The summed E-state index contributed by atoms with van der Waals surface area (Å²) in [6, 6.07) is 6.16. The second kappa shape index (κ2) is 7.62. The van der Waals surface area contributed by atoms with Gasteiger partial charge in [-0.15, -0.1) is 0 Å². The molecule has 1 saturated heterocycles. The molecule has 0 spiro atoms. The molecule has 0 amide bonds. The average Bonchev–Trinajstić information content (AvgIpc) is 2.64. The first kappa shape index (κ1) is 18.6. The molecule has 0 saturated carbocycles. The van der Waals surface area contributed by atoms with Gasteiger partial charge in [0, 0.05) is 50.7 Å². The fourth-order valence-corrected chi connectivity index (χ4v) is 3.46. The van der Waals surface area contributed by atoms with Crippen LogP contribution in [0.1, 0.15) is 44.4 Å². The number of piperazine rings is 1. The quantitative estimate of drug-likeness (QED) is 0.912. The molecule has 0 aliphatic carbocycles. The lowest BCUT2D eigenvalue weighted by Crippen LogP contribution is -2.46. The van der Waals surface area contributed by atoms with Gasteiger partial charge in [0.2, 0.25) is 5.95 Å². The summed E-state index contributed by atoms with van der Waals surface area (Å²) < 4.78 is 0. The summed E-state index contributed by atoms with van der Waals surface area (Å²) in [5, 5.41) is 10.8. The zero-order chi connectivity index (χ0) is 18.7. The van der Waals surface area contributed by atoms with Crippen molar-refractivity contribution in [1.29, 1.82) is 0 Å². The maximum Gasteiger partial charge on any atom is 0.225 e. The number of phenolic OH excluding ortho intramolecular Hbond substituents is 1. The minimum atomic E-state index is -0.0621. The van der Waals surface area contributed by atoms with Crippen LogP contribution in [0, 0.1) is 0 Å². The fourth-order valence-electron chi connectivity index (χ4n) is 3.46. The Bertz CT molecular complexity index is 732. The summed E-state index contributed by atoms with van der Waals surface area (Å²) >= 11 is 0. The number of rotatable bonds is 4. The van der Waals surface area contributed by atoms with E-state index >= 15 is 0 Å². The van der Waals surface area contributed by atoms with E-state index in [1.54, 1.807) is 12.4 Å². The lowest BCUT2D eigenvalue weighted by molar-refractivity contribution is 0.245. The molecule has 26 heavy (non-hydrogen) atoms. The van der Waals surface area contributed by atoms with E-state index in [1.165, 1.54) is 5.56 Å². The molecule has 0 unspecified atom stereocenters. The zero-order valence-corrected chi connectivity index (χ0v) is 16.4. The summed E-state index contributed by atoms with van der Waals surface area (Å²) in [6.07, 6.45) is 4.56. The number of aryl methyl sites for hydroxylation is 1. The Balaban J connectivity index is 1.72. The number of aromatic hydroxyl groups is 1. The minimum Gasteiger partial charge on any atom is -0.507 e. The standard InChI is InChI=1S/C21H30N4O/c1-5-16-13-17(19(26)18(14-16)21(2,3)4)15-24-9-11-25(12-10-24)20-22-7-6-8-23-20/h6-8,13-14,26H,5,9-12,15H2,1-4H3. The predicted molar refractivity (Wildman–Crippen MR) is 106 cm³/mol. The summed E-state index contributed by atoms with van der Waals surface area (Å²) in [4.78, 5) is 13.3. The van der Waals surface area contributed by atoms with Crippen LogP contribution < -0.4 is 4.90 Å². The van der Waals surface area contributed by atoms with Crippen molar-refractivity contribution in [1.82, 2.24) is 14.9 Å². The van der Waals surface area contributed by atoms with E-state index < -0.39 is 0 Å². The summed E-state index contributed by atoms with van der Waals surface area (Å²) in [7, 11) is 0.